The Kier molecular flexibility index (Phi) is 7.70. The van der Waals surface area contributed by atoms with Crippen LogP contribution in [0.25, 0.3) is 0 Å². The van der Waals surface area contributed by atoms with Gasteiger partial charge in [-0.2, -0.15) is 0 Å². The molecule has 0 heterocycles. The highest BCUT2D eigenvalue weighted by molar-refractivity contribution is 5.31. The number of likely N-dealkylation sites (N-methyl/N-ethyl adjacent to an activating group) is 1. The van der Waals surface area contributed by atoms with Gasteiger partial charge in [-0.15, -0.1) is 0 Å². The van der Waals surface area contributed by atoms with Crippen molar-refractivity contribution < 1.29 is 13.5 Å². The van der Waals surface area contributed by atoms with Gasteiger partial charge in [0, 0.05) is 12.6 Å². The molecular weight excluding hydrogens is 260 g/mol. The summed E-state index contributed by atoms with van der Waals surface area (Å²) in [6.45, 7) is 7.00. The number of aryl methyl sites for hydroxylation is 2. The Morgan fingerprint density at radius 2 is 2.00 bits per heavy atom. The van der Waals surface area contributed by atoms with Gasteiger partial charge in [0.25, 0.3) is 6.43 Å². The summed E-state index contributed by atoms with van der Waals surface area (Å²) < 4.78 is 29.0. The van der Waals surface area contributed by atoms with Crippen LogP contribution < -0.4 is 5.32 Å². The first kappa shape index (κ1) is 17.1. The van der Waals surface area contributed by atoms with Crippen LogP contribution in [-0.2, 0) is 11.2 Å². The molecule has 4 heteroatoms. The van der Waals surface area contributed by atoms with Crippen LogP contribution in [-0.4, -0.2) is 32.2 Å². The molecule has 1 atom stereocenters. The maximum atomic E-state index is 12.0. The van der Waals surface area contributed by atoms with E-state index in [0.29, 0.717) is 6.61 Å². The summed E-state index contributed by atoms with van der Waals surface area (Å²) >= 11 is 0. The molecule has 1 unspecified atom stereocenters. The van der Waals surface area contributed by atoms with Crippen LogP contribution in [0.15, 0.2) is 18.2 Å². The first-order valence-electron chi connectivity index (χ1n) is 7.18. The van der Waals surface area contributed by atoms with Gasteiger partial charge in [-0.3, -0.25) is 0 Å². The molecule has 1 N–H and O–H groups in total. The lowest BCUT2D eigenvalue weighted by molar-refractivity contribution is 0.0144. The molecule has 2 nitrogen and oxygen atoms in total. The Balaban J connectivity index is 2.51. The summed E-state index contributed by atoms with van der Waals surface area (Å²) in [5.41, 5.74) is 3.83. The molecule has 1 aromatic rings. The van der Waals surface area contributed by atoms with Gasteiger partial charge in [-0.1, -0.05) is 30.7 Å². The SMILES string of the molecule is CCNC(CCOCC(F)F)Cc1cc(C)ccc1C. The number of rotatable bonds is 9. The molecule has 1 rings (SSSR count). The standard InChI is InChI=1S/C16H25F2NO/c1-4-19-15(7-8-20-11-16(17)18)10-14-9-12(2)5-6-13(14)3/h5-6,9,15-16,19H,4,7-8,10-11H2,1-3H3. The van der Waals surface area contributed by atoms with E-state index in [9.17, 15) is 8.78 Å². The highest BCUT2D eigenvalue weighted by Crippen LogP contribution is 2.14. The molecule has 0 aliphatic heterocycles. The van der Waals surface area contributed by atoms with Crippen molar-refractivity contribution in [3.63, 3.8) is 0 Å². The predicted molar refractivity (Wildman–Crippen MR) is 78.5 cm³/mol. The fourth-order valence-electron chi connectivity index (χ4n) is 2.25. The van der Waals surface area contributed by atoms with Crippen molar-refractivity contribution in [2.75, 3.05) is 19.8 Å². The van der Waals surface area contributed by atoms with Crippen LogP contribution in [0.4, 0.5) is 8.78 Å². The second-order valence-electron chi connectivity index (χ2n) is 5.14. The quantitative estimate of drug-likeness (QED) is 0.701. The van der Waals surface area contributed by atoms with Crippen LogP contribution in [0.3, 0.4) is 0 Å². The molecule has 0 fully saturated rings. The molecule has 0 saturated heterocycles. The van der Waals surface area contributed by atoms with Crippen LogP contribution in [0, 0.1) is 13.8 Å². The fraction of sp³-hybridized carbons (Fsp3) is 0.625. The van der Waals surface area contributed by atoms with Gasteiger partial charge in [0.05, 0.1) is 0 Å². The van der Waals surface area contributed by atoms with E-state index in [1.165, 1.54) is 16.7 Å². The summed E-state index contributed by atoms with van der Waals surface area (Å²) in [5.74, 6) is 0. The number of ether oxygens (including phenoxy) is 1. The van der Waals surface area contributed by atoms with E-state index in [-0.39, 0.29) is 6.04 Å². The van der Waals surface area contributed by atoms with E-state index in [1.54, 1.807) is 0 Å². The summed E-state index contributed by atoms with van der Waals surface area (Å²) in [6, 6.07) is 6.69. The van der Waals surface area contributed by atoms with Crippen molar-refractivity contribution in [1.29, 1.82) is 0 Å². The minimum absolute atomic E-state index is 0.262. The van der Waals surface area contributed by atoms with Crippen molar-refractivity contribution in [3.05, 3.63) is 34.9 Å². The molecule has 0 saturated carbocycles. The van der Waals surface area contributed by atoms with Gasteiger partial charge >= 0.3 is 0 Å². The second-order valence-corrected chi connectivity index (χ2v) is 5.14. The minimum Gasteiger partial charge on any atom is -0.375 e. The average Bonchev–Trinajstić information content (AvgIpc) is 2.39. The summed E-state index contributed by atoms with van der Waals surface area (Å²) in [5, 5.41) is 3.40. The molecule has 0 aliphatic carbocycles. The summed E-state index contributed by atoms with van der Waals surface area (Å²) in [7, 11) is 0. The molecule has 0 aromatic heterocycles. The van der Waals surface area contributed by atoms with E-state index >= 15 is 0 Å². The highest BCUT2D eigenvalue weighted by atomic mass is 19.3. The zero-order valence-corrected chi connectivity index (χ0v) is 12.6. The molecule has 0 amide bonds. The maximum Gasteiger partial charge on any atom is 0.261 e. The van der Waals surface area contributed by atoms with Gasteiger partial charge in [-0.25, -0.2) is 8.78 Å². The molecule has 20 heavy (non-hydrogen) atoms. The Morgan fingerprint density at radius 1 is 1.25 bits per heavy atom. The van der Waals surface area contributed by atoms with Crippen LogP contribution in [0.1, 0.15) is 30.0 Å². The highest BCUT2D eigenvalue weighted by Gasteiger charge is 2.11. The van der Waals surface area contributed by atoms with Crippen LogP contribution in [0.5, 0.6) is 0 Å². The number of benzene rings is 1. The third kappa shape index (κ3) is 6.44. The zero-order valence-electron chi connectivity index (χ0n) is 12.6. The van der Waals surface area contributed by atoms with Gasteiger partial charge in [-0.05, 0) is 44.4 Å². The van der Waals surface area contributed by atoms with Gasteiger partial charge < -0.3 is 10.1 Å². The zero-order chi connectivity index (χ0) is 15.0. The second kappa shape index (κ2) is 9.03. The molecule has 0 spiro atoms. The molecule has 0 aliphatic rings. The lowest BCUT2D eigenvalue weighted by atomic mass is 9.97. The number of halogens is 2. The van der Waals surface area contributed by atoms with Gasteiger partial charge in [0.1, 0.15) is 6.61 Å². The van der Waals surface area contributed by atoms with Crippen molar-refractivity contribution >= 4 is 0 Å². The van der Waals surface area contributed by atoms with E-state index < -0.39 is 13.0 Å². The smallest absolute Gasteiger partial charge is 0.261 e. The van der Waals surface area contributed by atoms with E-state index in [2.05, 4.69) is 44.3 Å². The lowest BCUT2D eigenvalue weighted by Crippen LogP contribution is -2.32. The summed E-state index contributed by atoms with van der Waals surface area (Å²) in [4.78, 5) is 0. The Labute approximate surface area is 120 Å². The number of alkyl halides is 2. The Hall–Kier alpha value is -1.00. The van der Waals surface area contributed by atoms with Crippen molar-refractivity contribution in [2.24, 2.45) is 0 Å². The van der Waals surface area contributed by atoms with Crippen molar-refractivity contribution in [1.82, 2.24) is 5.32 Å². The number of nitrogens with one attached hydrogen (secondary N) is 1. The predicted octanol–water partition coefficient (Wildman–Crippen LogP) is 3.50. The normalized spacial score (nSPS) is 12.9. The molecule has 1 aromatic carbocycles. The molecule has 0 radical (unpaired) electrons. The largest absolute Gasteiger partial charge is 0.375 e. The fourth-order valence-corrected chi connectivity index (χ4v) is 2.25. The number of hydrogen-bond donors (Lipinski definition) is 1. The van der Waals surface area contributed by atoms with Crippen LogP contribution >= 0.6 is 0 Å². The van der Waals surface area contributed by atoms with Crippen molar-refractivity contribution in [2.45, 2.75) is 46.1 Å². The third-order valence-corrected chi connectivity index (χ3v) is 3.32. The monoisotopic (exact) mass is 285 g/mol. The topological polar surface area (TPSA) is 21.3 Å². The van der Waals surface area contributed by atoms with Gasteiger partial charge in [0.2, 0.25) is 0 Å². The average molecular weight is 285 g/mol. The molecule has 0 bridgehead atoms. The minimum atomic E-state index is -2.38. The first-order valence-corrected chi connectivity index (χ1v) is 7.18. The number of hydrogen-bond acceptors (Lipinski definition) is 2. The van der Waals surface area contributed by atoms with Gasteiger partial charge in [0.15, 0.2) is 0 Å². The maximum absolute atomic E-state index is 12.0. The van der Waals surface area contributed by atoms with E-state index in [0.717, 1.165) is 19.4 Å². The van der Waals surface area contributed by atoms with Crippen LogP contribution in [0.2, 0.25) is 0 Å². The third-order valence-electron chi connectivity index (χ3n) is 3.32. The Morgan fingerprint density at radius 3 is 2.65 bits per heavy atom. The first-order chi connectivity index (χ1) is 9.52. The summed E-state index contributed by atoms with van der Waals surface area (Å²) in [6.07, 6.45) is -0.737. The van der Waals surface area contributed by atoms with Crippen molar-refractivity contribution in [3.8, 4) is 0 Å². The Bertz CT molecular complexity index is 396. The molecular formula is C16H25F2NO. The molecule has 114 valence electrons. The van der Waals surface area contributed by atoms with E-state index in [4.69, 9.17) is 4.74 Å². The lowest BCUT2D eigenvalue weighted by Gasteiger charge is -2.19. The van der Waals surface area contributed by atoms with E-state index in [1.807, 2.05) is 0 Å².